The Morgan fingerprint density at radius 1 is 1.33 bits per heavy atom. The predicted molar refractivity (Wildman–Crippen MR) is 75.5 cm³/mol. The third kappa shape index (κ3) is 3.35. The Kier molecular flexibility index (Phi) is 4.81. The van der Waals surface area contributed by atoms with Crippen molar-refractivity contribution in [2.45, 2.75) is 71.5 Å². The molecule has 0 aliphatic heterocycles. The van der Waals surface area contributed by atoms with Crippen LogP contribution in [0, 0.1) is 5.92 Å². The van der Waals surface area contributed by atoms with Crippen LogP contribution < -0.4 is 5.32 Å². The summed E-state index contributed by atoms with van der Waals surface area (Å²) in [4.78, 5) is 4.36. The molecule has 0 aromatic carbocycles. The van der Waals surface area contributed by atoms with Crippen molar-refractivity contribution in [2.75, 3.05) is 0 Å². The lowest BCUT2D eigenvalue weighted by atomic mass is 9.96. The summed E-state index contributed by atoms with van der Waals surface area (Å²) in [5, 5.41) is 3.50. The highest BCUT2D eigenvalue weighted by atomic mass is 15.1. The Morgan fingerprint density at radius 2 is 2.11 bits per heavy atom. The number of hydrogen-bond acceptors (Lipinski definition) is 2. The van der Waals surface area contributed by atoms with Crippen LogP contribution in [-0.4, -0.2) is 15.6 Å². The van der Waals surface area contributed by atoms with E-state index in [-0.39, 0.29) is 0 Å². The summed E-state index contributed by atoms with van der Waals surface area (Å²) >= 11 is 0. The first-order valence-electron chi connectivity index (χ1n) is 7.42. The third-order valence-corrected chi connectivity index (χ3v) is 4.11. The van der Waals surface area contributed by atoms with Crippen LogP contribution in [0.4, 0.5) is 0 Å². The zero-order chi connectivity index (χ0) is 13.0. The summed E-state index contributed by atoms with van der Waals surface area (Å²) in [7, 11) is 0. The molecule has 3 nitrogen and oxygen atoms in total. The molecule has 1 aliphatic carbocycles. The minimum absolute atomic E-state index is 0.528. The average molecular weight is 249 g/mol. The summed E-state index contributed by atoms with van der Waals surface area (Å²) in [6.45, 7) is 7.71. The fraction of sp³-hybridized carbons (Fsp3) is 0.800. The SMILES string of the molecule is CC(C)NCc1cncn1C1CCCCCC1C. The molecule has 1 fully saturated rings. The second kappa shape index (κ2) is 6.37. The molecule has 1 aromatic heterocycles. The van der Waals surface area contributed by atoms with E-state index < -0.39 is 0 Å². The number of nitrogens with zero attached hydrogens (tertiary/aromatic N) is 2. The molecule has 0 saturated heterocycles. The Bertz CT molecular complexity index is 356. The molecule has 1 aliphatic rings. The van der Waals surface area contributed by atoms with Gasteiger partial charge in [0.25, 0.3) is 0 Å². The molecule has 0 radical (unpaired) electrons. The Morgan fingerprint density at radius 3 is 2.89 bits per heavy atom. The van der Waals surface area contributed by atoms with Gasteiger partial charge in [-0.1, -0.05) is 40.0 Å². The summed E-state index contributed by atoms with van der Waals surface area (Å²) in [6, 6.07) is 1.18. The molecule has 2 atom stereocenters. The lowest BCUT2D eigenvalue weighted by molar-refractivity contribution is 0.324. The second-order valence-corrected chi connectivity index (χ2v) is 6.01. The highest BCUT2D eigenvalue weighted by Gasteiger charge is 2.22. The fourth-order valence-corrected chi connectivity index (χ4v) is 2.96. The van der Waals surface area contributed by atoms with Crippen LogP contribution in [-0.2, 0) is 6.54 Å². The molecule has 102 valence electrons. The van der Waals surface area contributed by atoms with E-state index in [1.165, 1.54) is 37.8 Å². The van der Waals surface area contributed by atoms with E-state index in [1.54, 1.807) is 0 Å². The summed E-state index contributed by atoms with van der Waals surface area (Å²) in [5.41, 5.74) is 1.34. The van der Waals surface area contributed by atoms with Gasteiger partial charge in [0.2, 0.25) is 0 Å². The maximum absolute atomic E-state index is 4.36. The summed E-state index contributed by atoms with van der Waals surface area (Å²) in [5.74, 6) is 0.777. The first-order valence-corrected chi connectivity index (χ1v) is 7.42. The standard InChI is InChI=1S/C15H27N3/c1-12(2)17-10-14-9-16-11-18(14)15-8-6-4-5-7-13(15)3/h9,11-13,15,17H,4-8,10H2,1-3H3. The maximum Gasteiger partial charge on any atom is 0.0951 e. The van der Waals surface area contributed by atoms with Gasteiger partial charge in [0, 0.05) is 24.8 Å². The molecule has 0 amide bonds. The maximum atomic E-state index is 4.36. The predicted octanol–water partition coefficient (Wildman–Crippen LogP) is 3.52. The van der Waals surface area contributed by atoms with Crippen LogP contribution in [0.5, 0.6) is 0 Å². The van der Waals surface area contributed by atoms with Crippen LogP contribution in [0.15, 0.2) is 12.5 Å². The van der Waals surface area contributed by atoms with E-state index in [0.29, 0.717) is 12.1 Å². The van der Waals surface area contributed by atoms with E-state index >= 15 is 0 Å². The molecule has 0 spiro atoms. The van der Waals surface area contributed by atoms with E-state index in [0.717, 1.165) is 12.5 Å². The monoisotopic (exact) mass is 249 g/mol. The quantitative estimate of drug-likeness (QED) is 0.827. The molecule has 0 bridgehead atoms. The van der Waals surface area contributed by atoms with Crippen LogP contribution >= 0.6 is 0 Å². The fourth-order valence-electron chi connectivity index (χ4n) is 2.96. The van der Waals surface area contributed by atoms with Gasteiger partial charge >= 0.3 is 0 Å². The van der Waals surface area contributed by atoms with Gasteiger partial charge in [-0.15, -0.1) is 0 Å². The minimum Gasteiger partial charge on any atom is -0.330 e. The Balaban J connectivity index is 2.08. The van der Waals surface area contributed by atoms with Gasteiger partial charge < -0.3 is 9.88 Å². The second-order valence-electron chi connectivity index (χ2n) is 6.01. The molecule has 1 N–H and O–H groups in total. The number of rotatable bonds is 4. The number of imidazole rings is 1. The van der Waals surface area contributed by atoms with E-state index in [1.807, 2.05) is 12.5 Å². The van der Waals surface area contributed by atoms with Gasteiger partial charge in [-0.25, -0.2) is 4.98 Å². The number of aromatic nitrogens is 2. The molecule has 1 saturated carbocycles. The van der Waals surface area contributed by atoms with Crippen molar-refractivity contribution in [3.63, 3.8) is 0 Å². The van der Waals surface area contributed by atoms with Crippen molar-refractivity contribution in [3.8, 4) is 0 Å². The topological polar surface area (TPSA) is 29.9 Å². The Labute approximate surface area is 111 Å². The normalized spacial score (nSPS) is 25.3. The van der Waals surface area contributed by atoms with E-state index in [2.05, 4.69) is 35.6 Å². The van der Waals surface area contributed by atoms with E-state index in [9.17, 15) is 0 Å². The molecule has 2 unspecified atom stereocenters. The van der Waals surface area contributed by atoms with Crippen molar-refractivity contribution in [3.05, 3.63) is 18.2 Å². The van der Waals surface area contributed by atoms with E-state index in [4.69, 9.17) is 0 Å². The van der Waals surface area contributed by atoms with Gasteiger partial charge in [0.1, 0.15) is 0 Å². The van der Waals surface area contributed by atoms with Gasteiger partial charge in [-0.05, 0) is 18.8 Å². The van der Waals surface area contributed by atoms with Crippen molar-refractivity contribution >= 4 is 0 Å². The molecule has 2 rings (SSSR count). The largest absolute Gasteiger partial charge is 0.330 e. The third-order valence-electron chi connectivity index (χ3n) is 4.11. The van der Waals surface area contributed by atoms with Crippen molar-refractivity contribution in [1.29, 1.82) is 0 Å². The molecule has 1 aromatic rings. The summed E-state index contributed by atoms with van der Waals surface area (Å²) in [6.07, 6.45) is 10.9. The lowest BCUT2D eigenvalue weighted by Crippen LogP contribution is -2.25. The smallest absolute Gasteiger partial charge is 0.0951 e. The van der Waals surface area contributed by atoms with Gasteiger partial charge in [0.05, 0.1) is 12.0 Å². The van der Waals surface area contributed by atoms with Gasteiger partial charge in [-0.3, -0.25) is 0 Å². The molecule has 3 heteroatoms. The molecular formula is C15H27N3. The van der Waals surface area contributed by atoms with Crippen LogP contribution in [0.25, 0.3) is 0 Å². The molecule has 1 heterocycles. The number of hydrogen-bond donors (Lipinski definition) is 1. The van der Waals surface area contributed by atoms with Crippen molar-refractivity contribution in [1.82, 2.24) is 14.9 Å². The van der Waals surface area contributed by atoms with Crippen molar-refractivity contribution < 1.29 is 0 Å². The average Bonchev–Trinajstić information content (AvgIpc) is 2.69. The highest BCUT2D eigenvalue weighted by Crippen LogP contribution is 2.32. The first kappa shape index (κ1) is 13.6. The summed E-state index contributed by atoms with van der Waals surface area (Å²) < 4.78 is 2.42. The Hall–Kier alpha value is -0.830. The molecule has 18 heavy (non-hydrogen) atoms. The number of nitrogens with one attached hydrogen (secondary N) is 1. The van der Waals surface area contributed by atoms with Crippen LogP contribution in [0.2, 0.25) is 0 Å². The zero-order valence-electron chi connectivity index (χ0n) is 12.0. The van der Waals surface area contributed by atoms with Crippen molar-refractivity contribution in [2.24, 2.45) is 5.92 Å². The molecular weight excluding hydrogens is 222 g/mol. The lowest BCUT2D eigenvalue weighted by Gasteiger charge is -2.25. The van der Waals surface area contributed by atoms with Crippen LogP contribution in [0.3, 0.4) is 0 Å². The zero-order valence-corrected chi connectivity index (χ0v) is 12.0. The first-order chi connectivity index (χ1) is 8.68. The highest BCUT2D eigenvalue weighted by molar-refractivity contribution is 5.01. The minimum atomic E-state index is 0.528. The van der Waals surface area contributed by atoms with Gasteiger partial charge in [0.15, 0.2) is 0 Å². The van der Waals surface area contributed by atoms with Crippen LogP contribution in [0.1, 0.15) is 64.6 Å². The van der Waals surface area contributed by atoms with Gasteiger partial charge in [-0.2, -0.15) is 0 Å².